The monoisotopic (exact) mass is 126 g/mol. The molecule has 54 valence electrons. The lowest BCUT2D eigenvalue weighted by atomic mass is 10.1. The predicted octanol–water partition coefficient (Wildman–Crippen LogP) is 3.41. The van der Waals surface area contributed by atoms with Gasteiger partial charge in [0.1, 0.15) is 0 Å². The molecule has 0 spiro atoms. The van der Waals surface area contributed by atoms with E-state index in [1.807, 2.05) is 0 Å². The van der Waals surface area contributed by atoms with Crippen LogP contribution in [0.5, 0.6) is 0 Å². The second-order valence-corrected chi connectivity index (χ2v) is 2.20. The molecule has 0 nitrogen and oxygen atoms in total. The number of allylic oxidation sites excluding steroid dienone is 2. The zero-order valence-corrected chi connectivity index (χ0v) is 6.85. The fourth-order valence-corrected chi connectivity index (χ4v) is 0.408. The van der Waals surface area contributed by atoms with Gasteiger partial charge in [0, 0.05) is 0 Å². The van der Waals surface area contributed by atoms with E-state index in [0.29, 0.717) is 0 Å². The van der Waals surface area contributed by atoms with Crippen LogP contribution in [0.2, 0.25) is 0 Å². The van der Waals surface area contributed by atoms with E-state index in [1.165, 1.54) is 6.42 Å². The standard InChI is InChI=1S/C7H14.C2H4/c1-4-5-6-7(2)3;1-2/h4-5,7H,6H2,1-3H3;1-2H2/b5-4-;. The Morgan fingerprint density at radius 1 is 1.33 bits per heavy atom. The molecule has 0 aliphatic rings. The van der Waals surface area contributed by atoms with Gasteiger partial charge in [0.15, 0.2) is 0 Å². The minimum absolute atomic E-state index is 0.816. The lowest BCUT2D eigenvalue weighted by molar-refractivity contribution is 0.663. The minimum Gasteiger partial charge on any atom is -0.106 e. The van der Waals surface area contributed by atoms with E-state index < -0.39 is 0 Å². The van der Waals surface area contributed by atoms with Crippen molar-refractivity contribution in [3.8, 4) is 0 Å². The van der Waals surface area contributed by atoms with Crippen LogP contribution in [-0.4, -0.2) is 0 Å². The van der Waals surface area contributed by atoms with E-state index in [9.17, 15) is 0 Å². The Kier molecular flexibility index (Phi) is 13.1. The molecule has 0 aliphatic carbocycles. The average Bonchev–Trinajstić information content (AvgIpc) is 1.88. The first-order valence-corrected chi connectivity index (χ1v) is 3.38. The maximum Gasteiger partial charge on any atom is -0.0328 e. The molecule has 0 amide bonds. The Balaban J connectivity index is 0. The molecule has 0 rings (SSSR count). The van der Waals surface area contributed by atoms with Gasteiger partial charge in [-0.25, -0.2) is 0 Å². The van der Waals surface area contributed by atoms with Gasteiger partial charge in [-0.3, -0.25) is 0 Å². The van der Waals surface area contributed by atoms with Crippen LogP contribution in [0.25, 0.3) is 0 Å². The average molecular weight is 126 g/mol. The summed E-state index contributed by atoms with van der Waals surface area (Å²) in [6.07, 6.45) is 5.52. The van der Waals surface area contributed by atoms with Crippen LogP contribution >= 0.6 is 0 Å². The first-order valence-electron chi connectivity index (χ1n) is 3.38. The van der Waals surface area contributed by atoms with Gasteiger partial charge in [-0.05, 0) is 19.3 Å². The fraction of sp³-hybridized carbons (Fsp3) is 0.556. The van der Waals surface area contributed by atoms with Gasteiger partial charge in [-0.1, -0.05) is 26.0 Å². The molecule has 0 saturated carbocycles. The third kappa shape index (κ3) is 18.5. The van der Waals surface area contributed by atoms with E-state index in [1.54, 1.807) is 0 Å². The smallest absolute Gasteiger partial charge is 0.0328 e. The summed E-state index contributed by atoms with van der Waals surface area (Å²) in [4.78, 5) is 0. The van der Waals surface area contributed by atoms with Gasteiger partial charge in [0.05, 0.1) is 0 Å². The van der Waals surface area contributed by atoms with Crippen LogP contribution in [0.3, 0.4) is 0 Å². The minimum atomic E-state index is 0.816. The molecule has 0 atom stereocenters. The molecule has 0 radical (unpaired) electrons. The van der Waals surface area contributed by atoms with Gasteiger partial charge in [-0.15, -0.1) is 13.2 Å². The first kappa shape index (κ1) is 11.3. The third-order valence-electron chi connectivity index (χ3n) is 0.843. The molecule has 0 aliphatic heterocycles. The number of rotatable bonds is 2. The predicted molar refractivity (Wildman–Crippen MR) is 45.5 cm³/mol. The maximum atomic E-state index is 3.00. The van der Waals surface area contributed by atoms with Crippen molar-refractivity contribution in [2.24, 2.45) is 5.92 Å². The van der Waals surface area contributed by atoms with Crippen molar-refractivity contribution in [2.45, 2.75) is 27.2 Å². The van der Waals surface area contributed by atoms with Crippen molar-refractivity contribution in [1.29, 1.82) is 0 Å². The zero-order chi connectivity index (χ0) is 7.70. The van der Waals surface area contributed by atoms with Crippen LogP contribution in [-0.2, 0) is 0 Å². The van der Waals surface area contributed by atoms with Crippen molar-refractivity contribution in [2.75, 3.05) is 0 Å². The van der Waals surface area contributed by atoms with Crippen molar-refractivity contribution >= 4 is 0 Å². The Morgan fingerprint density at radius 2 is 1.78 bits per heavy atom. The molecule has 0 fully saturated rings. The molecule has 0 aromatic rings. The molecule has 0 saturated heterocycles. The van der Waals surface area contributed by atoms with Crippen molar-refractivity contribution in [3.05, 3.63) is 25.3 Å². The second kappa shape index (κ2) is 10.5. The zero-order valence-electron chi connectivity index (χ0n) is 6.85. The molecule has 0 aromatic carbocycles. The summed E-state index contributed by atoms with van der Waals surface area (Å²) >= 11 is 0. The van der Waals surface area contributed by atoms with Gasteiger partial charge in [0.2, 0.25) is 0 Å². The quantitative estimate of drug-likeness (QED) is 0.497. The summed E-state index contributed by atoms with van der Waals surface area (Å²) in [5.41, 5.74) is 0. The van der Waals surface area contributed by atoms with Gasteiger partial charge in [-0.2, -0.15) is 0 Å². The first-order chi connectivity index (χ1) is 4.27. The molecule has 0 heteroatoms. The highest BCUT2D eigenvalue weighted by molar-refractivity contribution is 4.77. The highest BCUT2D eigenvalue weighted by Gasteiger charge is 1.83. The van der Waals surface area contributed by atoms with Gasteiger partial charge >= 0.3 is 0 Å². The van der Waals surface area contributed by atoms with Crippen LogP contribution in [0, 0.1) is 5.92 Å². The van der Waals surface area contributed by atoms with Crippen molar-refractivity contribution < 1.29 is 0 Å². The summed E-state index contributed by atoms with van der Waals surface area (Å²) in [7, 11) is 0. The maximum absolute atomic E-state index is 3.00. The van der Waals surface area contributed by atoms with E-state index in [4.69, 9.17) is 0 Å². The Labute approximate surface area is 59.3 Å². The lowest BCUT2D eigenvalue weighted by Crippen LogP contribution is -1.79. The molecule has 0 bridgehead atoms. The van der Waals surface area contributed by atoms with E-state index in [0.717, 1.165) is 5.92 Å². The molecular weight excluding hydrogens is 108 g/mol. The van der Waals surface area contributed by atoms with Crippen molar-refractivity contribution in [3.63, 3.8) is 0 Å². The summed E-state index contributed by atoms with van der Waals surface area (Å²) in [5, 5.41) is 0. The van der Waals surface area contributed by atoms with Crippen LogP contribution < -0.4 is 0 Å². The summed E-state index contributed by atoms with van der Waals surface area (Å²) in [5.74, 6) is 0.816. The van der Waals surface area contributed by atoms with Crippen LogP contribution in [0.15, 0.2) is 25.3 Å². The fourth-order valence-electron chi connectivity index (χ4n) is 0.408. The van der Waals surface area contributed by atoms with E-state index >= 15 is 0 Å². The molecule has 0 unspecified atom stereocenters. The third-order valence-corrected chi connectivity index (χ3v) is 0.843. The Hall–Kier alpha value is -0.520. The molecule has 9 heavy (non-hydrogen) atoms. The molecule has 0 aromatic heterocycles. The molecule has 0 N–H and O–H groups in total. The van der Waals surface area contributed by atoms with E-state index in [2.05, 4.69) is 46.1 Å². The summed E-state index contributed by atoms with van der Waals surface area (Å²) in [6.45, 7) is 12.5. The number of hydrogen-bond donors (Lipinski definition) is 0. The Bertz CT molecular complexity index is 60.4. The molecule has 0 heterocycles. The highest BCUT2D eigenvalue weighted by atomic mass is 13.9. The topological polar surface area (TPSA) is 0 Å². The van der Waals surface area contributed by atoms with Crippen LogP contribution in [0.1, 0.15) is 27.2 Å². The Morgan fingerprint density at radius 3 is 1.89 bits per heavy atom. The summed E-state index contributed by atoms with van der Waals surface area (Å²) < 4.78 is 0. The highest BCUT2D eigenvalue weighted by Crippen LogP contribution is 1.98. The second-order valence-electron chi connectivity index (χ2n) is 2.20. The molecular formula is C9H18. The van der Waals surface area contributed by atoms with Gasteiger partial charge < -0.3 is 0 Å². The lowest BCUT2D eigenvalue weighted by Gasteiger charge is -1.93. The normalized spacial score (nSPS) is 9.33. The number of hydrogen-bond acceptors (Lipinski definition) is 0. The van der Waals surface area contributed by atoms with Gasteiger partial charge in [0.25, 0.3) is 0 Å². The SMILES string of the molecule is C/C=C\CC(C)C.C=C. The largest absolute Gasteiger partial charge is 0.106 e. The van der Waals surface area contributed by atoms with E-state index in [-0.39, 0.29) is 0 Å². The van der Waals surface area contributed by atoms with Crippen LogP contribution in [0.4, 0.5) is 0 Å². The summed E-state index contributed by atoms with van der Waals surface area (Å²) in [6, 6.07) is 0. The van der Waals surface area contributed by atoms with Crippen molar-refractivity contribution in [1.82, 2.24) is 0 Å².